The number of benzene rings is 3. The highest BCUT2D eigenvalue weighted by Gasteiger charge is 2.28. The van der Waals surface area contributed by atoms with Crippen molar-refractivity contribution in [1.82, 2.24) is 0 Å². The van der Waals surface area contributed by atoms with Crippen molar-refractivity contribution >= 4 is 39.4 Å². The number of hydrogen-bond acceptors (Lipinski definition) is 7. The topological polar surface area (TPSA) is 105 Å². The molecule has 8 nitrogen and oxygen atoms in total. The SMILES string of the molecule is COc1ccc(Br)cc1C=C1Oc2cc(OC(=O)c3cccc([N+](=O)[O-])c3)ccc2C1=O. The Labute approximate surface area is 190 Å². The average Bonchev–Trinajstić information content (AvgIpc) is 3.08. The number of ether oxygens (including phenoxy) is 3. The van der Waals surface area contributed by atoms with Gasteiger partial charge < -0.3 is 14.2 Å². The van der Waals surface area contributed by atoms with Gasteiger partial charge in [-0.3, -0.25) is 14.9 Å². The van der Waals surface area contributed by atoms with E-state index in [1.165, 1.54) is 43.5 Å². The Balaban J connectivity index is 1.57. The molecule has 0 amide bonds. The van der Waals surface area contributed by atoms with E-state index in [0.29, 0.717) is 16.9 Å². The molecule has 0 unspecified atom stereocenters. The molecule has 1 aliphatic heterocycles. The van der Waals surface area contributed by atoms with Crippen molar-refractivity contribution in [3.05, 3.63) is 97.7 Å². The number of hydrogen-bond donors (Lipinski definition) is 0. The molecule has 0 N–H and O–H groups in total. The lowest BCUT2D eigenvalue weighted by molar-refractivity contribution is -0.384. The van der Waals surface area contributed by atoms with Crippen LogP contribution in [0.5, 0.6) is 17.2 Å². The molecule has 4 rings (SSSR count). The molecular formula is C23H14BrNO7. The van der Waals surface area contributed by atoms with Crippen LogP contribution < -0.4 is 14.2 Å². The van der Waals surface area contributed by atoms with Crippen LogP contribution in [0.4, 0.5) is 5.69 Å². The lowest BCUT2D eigenvalue weighted by Gasteiger charge is -2.06. The molecule has 3 aromatic carbocycles. The standard InChI is InChI=1S/C23H14BrNO7/c1-30-19-8-5-15(24)9-14(19)11-21-22(26)18-7-6-17(12-20(18)32-21)31-23(27)13-3-2-4-16(10-13)25(28)29/h2-12H,1H3. The third-order valence-corrected chi connectivity index (χ3v) is 5.12. The Kier molecular flexibility index (Phi) is 5.74. The molecule has 0 aromatic heterocycles. The molecule has 3 aromatic rings. The van der Waals surface area contributed by atoms with E-state index in [4.69, 9.17) is 14.2 Å². The number of ketones is 1. The second-order valence-electron chi connectivity index (χ2n) is 6.68. The largest absolute Gasteiger partial charge is 0.496 e. The number of halogens is 1. The normalized spacial score (nSPS) is 13.4. The molecule has 160 valence electrons. The van der Waals surface area contributed by atoms with Crippen molar-refractivity contribution in [2.45, 2.75) is 0 Å². The molecule has 0 fully saturated rings. The second-order valence-corrected chi connectivity index (χ2v) is 7.60. The van der Waals surface area contributed by atoms with E-state index >= 15 is 0 Å². The highest BCUT2D eigenvalue weighted by Crippen LogP contribution is 2.36. The van der Waals surface area contributed by atoms with Gasteiger partial charge in [-0.05, 0) is 42.5 Å². The van der Waals surface area contributed by atoms with Crippen LogP contribution in [0.25, 0.3) is 6.08 Å². The minimum absolute atomic E-state index is 0.0269. The summed E-state index contributed by atoms with van der Waals surface area (Å²) in [4.78, 5) is 35.4. The van der Waals surface area contributed by atoms with E-state index in [9.17, 15) is 19.7 Å². The smallest absolute Gasteiger partial charge is 0.343 e. The van der Waals surface area contributed by atoms with Gasteiger partial charge in [0.05, 0.1) is 23.2 Å². The number of fused-ring (bicyclic) bond motifs is 1. The van der Waals surface area contributed by atoms with Gasteiger partial charge in [0.25, 0.3) is 5.69 Å². The molecule has 1 aliphatic rings. The highest BCUT2D eigenvalue weighted by atomic mass is 79.9. The minimum atomic E-state index is -0.771. The summed E-state index contributed by atoms with van der Waals surface area (Å²) in [6.07, 6.45) is 1.57. The van der Waals surface area contributed by atoms with E-state index in [-0.39, 0.29) is 34.3 Å². The molecule has 0 saturated carbocycles. The first-order chi connectivity index (χ1) is 15.4. The van der Waals surface area contributed by atoms with Crippen LogP contribution >= 0.6 is 15.9 Å². The van der Waals surface area contributed by atoms with Crippen molar-refractivity contribution < 1.29 is 28.7 Å². The van der Waals surface area contributed by atoms with Crippen LogP contribution in [0.3, 0.4) is 0 Å². The molecule has 9 heteroatoms. The maximum absolute atomic E-state index is 12.7. The molecule has 0 spiro atoms. The molecule has 0 atom stereocenters. The first-order valence-corrected chi connectivity index (χ1v) is 10.0. The predicted molar refractivity (Wildman–Crippen MR) is 118 cm³/mol. The van der Waals surface area contributed by atoms with E-state index in [1.807, 2.05) is 6.07 Å². The summed E-state index contributed by atoms with van der Waals surface area (Å²) in [5, 5.41) is 10.9. The summed E-state index contributed by atoms with van der Waals surface area (Å²) in [6.45, 7) is 0. The van der Waals surface area contributed by atoms with Gasteiger partial charge in [-0.25, -0.2) is 4.79 Å². The summed E-state index contributed by atoms with van der Waals surface area (Å²) >= 11 is 3.39. The number of Topliss-reactive ketones (excluding diaryl/α,β-unsaturated/α-hetero) is 1. The van der Waals surface area contributed by atoms with Crippen molar-refractivity contribution in [3.63, 3.8) is 0 Å². The Morgan fingerprint density at radius 2 is 1.94 bits per heavy atom. The van der Waals surface area contributed by atoms with E-state index in [1.54, 1.807) is 18.2 Å². The zero-order chi connectivity index (χ0) is 22.8. The van der Waals surface area contributed by atoms with Gasteiger partial charge in [0, 0.05) is 28.2 Å². The van der Waals surface area contributed by atoms with E-state index < -0.39 is 10.9 Å². The van der Waals surface area contributed by atoms with E-state index in [2.05, 4.69) is 15.9 Å². The Bertz CT molecular complexity index is 1300. The van der Waals surface area contributed by atoms with Crippen LogP contribution in [0.2, 0.25) is 0 Å². The Morgan fingerprint density at radius 1 is 1.12 bits per heavy atom. The molecule has 32 heavy (non-hydrogen) atoms. The van der Waals surface area contributed by atoms with Crippen LogP contribution in [0.1, 0.15) is 26.3 Å². The fraction of sp³-hybridized carbons (Fsp3) is 0.0435. The maximum atomic E-state index is 12.7. The van der Waals surface area contributed by atoms with Gasteiger partial charge in [0.15, 0.2) is 5.76 Å². The lowest BCUT2D eigenvalue weighted by atomic mass is 10.1. The van der Waals surface area contributed by atoms with Gasteiger partial charge >= 0.3 is 5.97 Å². The zero-order valence-electron chi connectivity index (χ0n) is 16.5. The number of nitro benzene ring substituents is 1. The minimum Gasteiger partial charge on any atom is -0.496 e. The first-order valence-electron chi connectivity index (χ1n) is 9.24. The summed E-state index contributed by atoms with van der Waals surface area (Å²) in [6, 6.07) is 14.9. The van der Waals surface area contributed by atoms with Crippen LogP contribution in [0, 0.1) is 10.1 Å². The second kappa shape index (κ2) is 8.64. The van der Waals surface area contributed by atoms with Crippen LogP contribution in [-0.2, 0) is 0 Å². The number of carbonyl (C=O) groups excluding carboxylic acids is 2. The number of nitrogens with zero attached hydrogens (tertiary/aromatic N) is 1. The Hall–Kier alpha value is -3.98. The summed E-state index contributed by atoms with van der Waals surface area (Å²) in [5.74, 6) is -0.0571. The molecule has 0 saturated heterocycles. The lowest BCUT2D eigenvalue weighted by Crippen LogP contribution is -2.08. The molecule has 1 heterocycles. The fourth-order valence-electron chi connectivity index (χ4n) is 3.10. The summed E-state index contributed by atoms with van der Waals surface area (Å²) in [7, 11) is 1.53. The average molecular weight is 496 g/mol. The van der Waals surface area contributed by atoms with Crippen molar-refractivity contribution in [1.29, 1.82) is 0 Å². The summed E-state index contributed by atoms with van der Waals surface area (Å²) in [5.41, 5.74) is 0.773. The van der Waals surface area contributed by atoms with Crippen LogP contribution in [0.15, 0.2) is 70.9 Å². The molecule has 0 bridgehead atoms. The van der Waals surface area contributed by atoms with Crippen molar-refractivity contribution in [3.8, 4) is 17.2 Å². The number of rotatable bonds is 5. The Morgan fingerprint density at radius 3 is 2.69 bits per heavy atom. The predicted octanol–water partition coefficient (Wildman–Crippen LogP) is 5.20. The number of allylic oxidation sites excluding steroid dienone is 1. The van der Waals surface area contributed by atoms with Crippen LogP contribution in [-0.4, -0.2) is 23.8 Å². The highest BCUT2D eigenvalue weighted by molar-refractivity contribution is 9.10. The number of esters is 1. The quantitative estimate of drug-likeness (QED) is 0.157. The van der Waals surface area contributed by atoms with Gasteiger partial charge in [-0.1, -0.05) is 22.0 Å². The number of methoxy groups -OCH3 is 1. The van der Waals surface area contributed by atoms with Crippen molar-refractivity contribution in [2.24, 2.45) is 0 Å². The molecule has 0 radical (unpaired) electrons. The van der Waals surface area contributed by atoms with E-state index in [0.717, 1.165) is 10.5 Å². The monoisotopic (exact) mass is 495 g/mol. The fourth-order valence-corrected chi connectivity index (χ4v) is 3.48. The van der Waals surface area contributed by atoms with Gasteiger partial charge in [0.1, 0.15) is 17.2 Å². The third kappa shape index (κ3) is 4.23. The van der Waals surface area contributed by atoms with Crippen molar-refractivity contribution in [2.75, 3.05) is 7.11 Å². The van der Waals surface area contributed by atoms with Gasteiger partial charge in [-0.2, -0.15) is 0 Å². The van der Waals surface area contributed by atoms with Gasteiger partial charge in [-0.15, -0.1) is 0 Å². The maximum Gasteiger partial charge on any atom is 0.343 e. The zero-order valence-corrected chi connectivity index (χ0v) is 18.1. The van der Waals surface area contributed by atoms with Gasteiger partial charge in [0.2, 0.25) is 5.78 Å². The first kappa shape index (κ1) is 21.3. The number of non-ortho nitro benzene ring substituents is 1. The number of nitro groups is 1. The number of carbonyl (C=O) groups is 2. The molecule has 0 aliphatic carbocycles. The third-order valence-electron chi connectivity index (χ3n) is 4.62. The summed E-state index contributed by atoms with van der Waals surface area (Å²) < 4.78 is 17.1. The molecular weight excluding hydrogens is 482 g/mol.